The van der Waals surface area contributed by atoms with Gasteiger partial charge in [0.25, 0.3) is 0 Å². The number of allylic oxidation sites excluding steroid dienone is 8. The monoisotopic (exact) mass is 533 g/mol. The summed E-state index contributed by atoms with van der Waals surface area (Å²) in [6.45, 7) is 14.7. The van der Waals surface area contributed by atoms with Crippen LogP contribution in [-0.4, -0.2) is 27.6 Å². The second-order valence-electron chi connectivity index (χ2n) is 11.6. The first-order valence-corrected chi connectivity index (χ1v) is 14.9. The summed E-state index contributed by atoms with van der Waals surface area (Å²) in [5.41, 5.74) is 8.43. The number of aliphatic hydroxyl groups excluding tert-OH is 1. The number of nitrogens with zero attached hydrogens (tertiary/aromatic N) is 1. The normalized spacial score (nSPS) is 19.6. The number of aliphatic imine (C=N–C) groups is 1. The van der Waals surface area contributed by atoms with E-state index in [1.165, 1.54) is 16.7 Å². The fraction of sp³-hybridized carbons (Fsp3) is 0.500. The summed E-state index contributed by atoms with van der Waals surface area (Å²) in [5.74, 6) is 0. The molecule has 0 saturated carbocycles. The van der Waals surface area contributed by atoms with Crippen LogP contribution in [0.5, 0.6) is 0 Å². The molecule has 0 radical (unpaired) electrons. The topological polar surface area (TPSA) is 52.8 Å². The maximum Gasteiger partial charge on any atom is 0.0979 e. The van der Waals surface area contributed by atoms with Crippen LogP contribution >= 0.6 is 11.8 Å². The highest BCUT2D eigenvalue weighted by Gasteiger charge is 2.33. The molecule has 3 nitrogen and oxygen atoms in total. The summed E-state index contributed by atoms with van der Waals surface area (Å²) in [4.78, 5) is 7.13. The summed E-state index contributed by atoms with van der Waals surface area (Å²) in [6.07, 6.45) is 13.6. The van der Waals surface area contributed by atoms with Gasteiger partial charge in [0, 0.05) is 9.80 Å². The van der Waals surface area contributed by atoms with E-state index in [4.69, 9.17) is 4.99 Å². The van der Waals surface area contributed by atoms with Crippen molar-refractivity contribution in [2.45, 2.75) is 116 Å². The van der Waals surface area contributed by atoms with Crippen molar-refractivity contribution in [3.63, 3.8) is 0 Å². The van der Waals surface area contributed by atoms with E-state index in [0.29, 0.717) is 19.3 Å². The Labute approximate surface area is 235 Å². The van der Waals surface area contributed by atoms with E-state index in [-0.39, 0.29) is 0 Å². The smallest absolute Gasteiger partial charge is 0.0979 e. The molecule has 1 heterocycles. The third-order valence-corrected chi connectivity index (χ3v) is 8.96. The highest BCUT2D eigenvalue weighted by molar-refractivity contribution is 8.04. The second-order valence-corrected chi connectivity index (χ2v) is 12.6. The summed E-state index contributed by atoms with van der Waals surface area (Å²) in [6, 6.07) is 8.18. The minimum absolute atomic E-state index is 0.613. The zero-order chi connectivity index (χ0) is 27.9. The van der Waals surface area contributed by atoms with Crippen molar-refractivity contribution in [1.29, 1.82) is 0 Å². The zero-order valence-corrected chi connectivity index (χ0v) is 25.3. The van der Waals surface area contributed by atoms with Crippen molar-refractivity contribution >= 4 is 23.2 Å². The molecule has 3 rings (SSSR count). The lowest BCUT2D eigenvalue weighted by atomic mass is 9.83. The number of hydrogen-bond acceptors (Lipinski definition) is 4. The minimum atomic E-state index is -0.788. The average molecular weight is 534 g/mol. The van der Waals surface area contributed by atoms with Gasteiger partial charge in [0.2, 0.25) is 0 Å². The Bertz CT molecular complexity index is 1190. The first-order valence-electron chi connectivity index (χ1n) is 14.1. The summed E-state index contributed by atoms with van der Waals surface area (Å²) in [5, 5.41) is 22.3. The predicted molar refractivity (Wildman–Crippen MR) is 165 cm³/mol. The van der Waals surface area contributed by atoms with E-state index in [1.807, 2.05) is 32.0 Å². The van der Waals surface area contributed by atoms with Gasteiger partial charge in [-0.25, -0.2) is 4.99 Å². The SMILES string of the molecule is CC(C)=CCCC(C)=CCCC(C)=CCCC(C)(O)CCC1=C2Sc3ccccc3N=C2C(C)=C(C)C1O. The van der Waals surface area contributed by atoms with Gasteiger partial charge in [-0.15, -0.1) is 0 Å². The molecule has 0 amide bonds. The van der Waals surface area contributed by atoms with Crippen molar-refractivity contribution in [3.05, 3.63) is 80.8 Å². The summed E-state index contributed by atoms with van der Waals surface area (Å²) >= 11 is 1.70. The number of benzene rings is 1. The maximum atomic E-state index is 11.2. The van der Waals surface area contributed by atoms with Gasteiger partial charge in [-0.05, 0) is 129 Å². The molecule has 2 atom stereocenters. The Morgan fingerprint density at radius 2 is 1.58 bits per heavy atom. The standard InChI is InChI=1S/C34H47NO2S/c1-23(2)13-10-14-24(3)15-11-16-25(4)17-12-21-34(7,37)22-20-28-32(36)27(6)26(5)31-33(28)38-30-19-9-8-18-29(30)35-31/h8-9,13,15,17-19,32,36-37H,10-12,14,16,20-22H2,1-7H3. The molecule has 1 aliphatic carbocycles. The van der Waals surface area contributed by atoms with E-state index >= 15 is 0 Å². The van der Waals surface area contributed by atoms with Gasteiger partial charge in [0.1, 0.15) is 0 Å². The summed E-state index contributed by atoms with van der Waals surface area (Å²) in [7, 11) is 0. The average Bonchev–Trinajstić information content (AvgIpc) is 2.86. The molecule has 2 unspecified atom stereocenters. The van der Waals surface area contributed by atoms with Crippen LogP contribution in [0, 0.1) is 0 Å². The molecule has 0 fully saturated rings. The van der Waals surface area contributed by atoms with E-state index in [0.717, 1.165) is 70.0 Å². The van der Waals surface area contributed by atoms with Gasteiger partial charge in [0.15, 0.2) is 0 Å². The Kier molecular flexibility index (Phi) is 11.0. The van der Waals surface area contributed by atoms with Gasteiger partial charge in [-0.3, -0.25) is 0 Å². The summed E-state index contributed by atoms with van der Waals surface area (Å²) < 4.78 is 0. The van der Waals surface area contributed by atoms with E-state index in [1.54, 1.807) is 11.8 Å². The Hall–Kier alpha value is -2.14. The van der Waals surface area contributed by atoms with Crippen molar-refractivity contribution in [1.82, 2.24) is 0 Å². The van der Waals surface area contributed by atoms with Crippen molar-refractivity contribution in [2.24, 2.45) is 4.99 Å². The molecule has 0 aromatic heterocycles. The number of thioether (sulfide) groups is 1. The fourth-order valence-electron chi connectivity index (χ4n) is 4.96. The number of rotatable bonds is 12. The Morgan fingerprint density at radius 1 is 0.947 bits per heavy atom. The molecule has 206 valence electrons. The van der Waals surface area contributed by atoms with Crippen LogP contribution in [-0.2, 0) is 0 Å². The number of para-hydroxylation sites is 1. The number of hydrogen-bond donors (Lipinski definition) is 2. The molecular formula is C34H47NO2S. The molecule has 1 aliphatic heterocycles. The molecular weight excluding hydrogens is 486 g/mol. The Morgan fingerprint density at radius 3 is 2.26 bits per heavy atom. The fourth-order valence-corrected chi connectivity index (χ4v) is 6.19. The minimum Gasteiger partial charge on any atom is -0.390 e. The van der Waals surface area contributed by atoms with E-state index in [2.05, 4.69) is 58.9 Å². The molecule has 2 aliphatic rings. The van der Waals surface area contributed by atoms with Gasteiger partial charge in [-0.2, -0.15) is 0 Å². The van der Waals surface area contributed by atoms with Crippen LogP contribution in [0.15, 0.2) is 90.7 Å². The number of fused-ring (bicyclic) bond motifs is 2. The Balaban J connectivity index is 1.56. The third-order valence-electron chi connectivity index (χ3n) is 7.73. The second kappa shape index (κ2) is 13.8. The highest BCUT2D eigenvalue weighted by Crippen LogP contribution is 2.47. The van der Waals surface area contributed by atoms with Crippen molar-refractivity contribution in [3.8, 4) is 0 Å². The largest absolute Gasteiger partial charge is 0.390 e. The van der Waals surface area contributed by atoms with Gasteiger partial charge in [-0.1, -0.05) is 58.8 Å². The van der Waals surface area contributed by atoms with Crippen LogP contribution in [0.1, 0.15) is 99.8 Å². The highest BCUT2D eigenvalue weighted by atomic mass is 32.2. The van der Waals surface area contributed by atoms with Crippen LogP contribution in [0.4, 0.5) is 5.69 Å². The quantitative estimate of drug-likeness (QED) is 0.263. The van der Waals surface area contributed by atoms with Gasteiger partial charge in [0.05, 0.1) is 23.1 Å². The lowest BCUT2D eigenvalue weighted by Gasteiger charge is -2.32. The predicted octanol–water partition coefficient (Wildman–Crippen LogP) is 9.56. The first-order chi connectivity index (χ1) is 18.0. The van der Waals surface area contributed by atoms with E-state index < -0.39 is 11.7 Å². The lowest BCUT2D eigenvalue weighted by molar-refractivity contribution is 0.0419. The first kappa shape index (κ1) is 30.4. The molecule has 2 N–H and O–H groups in total. The van der Waals surface area contributed by atoms with Crippen LogP contribution in [0.2, 0.25) is 0 Å². The lowest BCUT2D eigenvalue weighted by Crippen LogP contribution is -2.29. The van der Waals surface area contributed by atoms with Crippen LogP contribution < -0.4 is 0 Å². The maximum absolute atomic E-state index is 11.2. The zero-order valence-electron chi connectivity index (χ0n) is 24.5. The van der Waals surface area contributed by atoms with E-state index in [9.17, 15) is 10.2 Å². The third kappa shape index (κ3) is 8.43. The molecule has 1 aromatic carbocycles. The molecule has 4 heteroatoms. The van der Waals surface area contributed by atoms with Crippen LogP contribution in [0.3, 0.4) is 0 Å². The molecule has 38 heavy (non-hydrogen) atoms. The number of aliphatic hydroxyl groups is 2. The van der Waals surface area contributed by atoms with Gasteiger partial charge >= 0.3 is 0 Å². The van der Waals surface area contributed by atoms with Crippen molar-refractivity contribution in [2.75, 3.05) is 0 Å². The van der Waals surface area contributed by atoms with Gasteiger partial charge < -0.3 is 10.2 Å². The molecule has 0 saturated heterocycles. The van der Waals surface area contributed by atoms with Crippen molar-refractivity contribution < 1.29 is 10.2 Å². The van der Waals surface area contributed by atoms with Crippen LogP contribution in [0.25, 0.3) is 0 Å². The molecule has 0 spiro atoms. The molecule has 0 bridgehead atoms. The molecule has 1 aromatic rings.